The SMILES string of the molecule is Cc1ccc(CN2CC(C(=O)N3CCC(c4nc5ccccc5o4)CC3)CC2=O)cc1. The van der Waals surface area contributed by atoms with Crippen LogP contribution in [0.1, 0.15) is 42.2 Å². The Morgan fingerprint density at radius 3 is 2.58 bits per heavy atom. The molecule has 2 aromatic carbocycles. The predicted molar refractivity (Wildman–Crippen MR) is 117 cm³/mol. The van der Waals surface area contributed by atoms with Crippen LogP contribution in [0.4, 0.5) is 0 Å². The van der Waals surface area contributed by atoms with Crippen LogP contribution in [0.25, 0.3) is 11.1 Å². The fourth-order valence-electron chi connectivity index (χ4n) is 4.67. The van der Waals surface area contributed by atoms with Crippen LogP contribution in [-0.4, -0.2) is 46.2 Å². The van der Waals surface area contributed by atoms with E-state index in [9.17, 15) is 9.59 Å². The Hall–Kier alpha value is -3.15. The number of carbonyl (C=O) groups is 2. The number of rotatable bonds is 4. The summed E-state index contributed by atoms with van der Waals surface area (Å²) in [5, 5.41) is 0. The highest BCUT2D eigenvalue weighted by Gasteiger charge is 2.38. The van der Waals surface area contributed by atoms with Crippen molar-refractivity contribution in [1.82, 2.24) is 14.8 Å². The molecule has 6 nitrogen and oxygen atoms in total. The van der Waals surface area contributed by atoms with Crippen molar-refractivity contribution in [2.75, 3.05) is 19.6 Å². The van der Waals surface area contributed by atoms with E-state index in [4.69, 9.17) is 4.42 Å². The van der Waals surface area contributed by atoms with Crippen LogP contribution in [-0.2, 0) is 16.1 Å². The number of piperidine rings is 1. The fourth-order valence-corrected chi connectivity index (χ4v) is 4.67. The van der Waals surface area contributed by atoms with Gasteiger partial charge in [0.1, 0.15) is 5.52 Å². The predicted octanol–water partition coefficient (Wildman–Crippen LogP) is 3.89. The van der Waals surface area contributed by atoms with Crippen LogP contribution >= 0.6 is 0 Å². The summed E-state index contributed by atoms with van der Waals surface area (Å²) in [5.74, 6) is 0.947. The minimum absolute atomic E-state index is 0.0697. The molecule has 31 heavy (non-hydrogen) atoms. The molecule has 2 aliphatic heterocycles. The second-order valence-electron chi connectivity index (χ2n) is 8.78. The molecular weight excluding hydrogens is 390 g/mol. The Bertz CT molecular complexity index is 1060. The zero-order valence-corrected chi connectivity index (χ0v) is 17.8. The van der Waals surface area contributed by atoms with Crippen molar-refractivity contribution in [1.29, 1.82) is 0 Å². The Morgan fingerprint density at radius 2 is 1.84 bits per heavy atom. The molecule has 2 fully saturated rings. The van der Waals surface area contributed by atoms with E-state index >= 15 is 0 Å². The van der Waals surface area contributed by atoms with E-state index in [-0.39, 0.29) is 23.7 Å². The average Bonchev–Trinajstić information content (AvgIpc) is 3.38. The van der Waals surface area contributed by atoms with Gasteiger partial charge in [-0.1, -0.05) is 42.0 Å². The third-order valence-corrected chi connectivity index (χ3v) is 6.52. The summed E-state index contributed by atoms with van der Waals surface area (Å²) in [6.07, 6.45) is 1.99. The molecule has 1 unspecified atom stereocenters. The topological polar surface area (TPSA) is 66.7 Å². The number of fused-ring (bicyclic) bond motifs is 1. The van der Waals surface area contributed by atoms with Crippen molar-refractivity contribution < 1.29 is 14.0 Å². The third-order valence-electron chi connectivity index (χ3n) is 6.52. The summed E-state index contributed by atoms with van der Waals surface area (Å²) in [6, 6.07) is 16.0. The van der Waals surface area contributed by atoms with Gasteiger partial charge in [0.05, 0.1) is 5.92 Å². The quantitative estimate of drug-likeness (QED) is 0.646. The molecule has 2 aliphatic rings. The first kappa shape index (κ1) is 19.8. The lowest BCUT2D eigenvalue weighted by Gasteiger charge is -2.32. The van der Waals surface area contributed by atoms with E-state index in [0.717, 1.165) is 35.4 Å². The maximum atomic E-state index is 13.1. The number of nitrogens with zero attached hydrogens (tertiary/aromatic N) is 3. The molecule has 2 saturated heterocycles. The van der Waals surface area contributed by atoms with E-state index in [0.29, 0.717) is 32.6 Å². The molecule has 1 atom stereocenters. The van der Waals surface area contributed by atoms with Gasteiger partial charge in [-0.15, -0.1) is 0 Å². The maximum Gasteiger partial charge on any atom is 0.227 e. The molecule has 160 valence electrons. The van der Waals surface area contributed by atoms with Gasteiger partial charge in [0, 0.05) is 38.5 Å². The Balaban J connectivity index is 1.17. The number of benzene rings is 2. The molecule has 1 aromatic heterocycles. The minimum Gasteiger partial charge on any atom is -0.440 e. The van der Waals surface area contributed by atoms with Gasteiger partial charge in [-0.2, -0.15) is 0 Å². The summed E-state index contributed by atoms with van der Waals surface area (Å²) < 4.78 is 5.93. The summed E-state index contributed by atoms with van der Waals surface area (Å²) in [4.78, 5) is 33.9. The zero-order chi connectivity index (χ0) is 21.4. The van der Waals surface area contributed by atoms with E-state index in [1.165, 1.54) is 5.56 Å². The van der Waals surface area contributed by atoms with Gasteiger partial charge in [0.2, 0.25) is 11.8 Å². The van der Waals surface area contributed by atoms with Crippen molar-refractivity contribution in [3.8, 4) is 0 Å². The van der Waals surface area contributed by atoms with Crippen molar-refractivity contribution >= 4 is 22.9 Å². The van der Waals surface area contributed by atoms with Gasteiger partial charge < -0.3 is 14.2 Å². The van der Waals surface area contributed by atoms with Crippen LogP contribution in [0.5, 0.6) is 0 Å². The first-order valence-corrected chi connectivity index (χ1v) is 11.0. The van der Waals surface area contributed by atoms with Crippen molar-refractivity contribution in [3.05, 3.63) is 65.5 Å². The number of hydrogen-bond acceptors (Lipinski definition) is 4. The number of likely N-dealkylation sites (tertiary alicyclic amines) is 2. The molecule has 3 aromatic rings. The smallest absolute Gasteiger partial charge is 0.227 e. The second-order valence-corrected chi connectivity index (χ2v) is 8.78. The van der Waals surface area contributed by atoms with E-state index in [2.05, 4.69) is 29.2 Å². The van der Waals surface area contributed by atoms with Crippen LogP contribution in [0.3, 0.4) is 0 Å². The number of aryl methyl sites for hydroxylation is 1. The molecular formula is C25H27N3O3. The van der Waals surface area contributed by atoms with Crippen molar-refractivity contribution in [2.24, 2.45) is 5.92 Å². The van der Waals surface area contributed by atoms with Crippen LogP contribution in [0.15, 0.2) is 52.9 Å². The minimum atomic E-state index is -0.237. The molecule has 0 aliphatic carbocycles. The first-order valence-electron chi connectivity index (χ1n) is 11.0. The lowest BCUT2D eigenvalue weighted by molar-refractivity contribution is -0.136. The van der Waals surface area contributed by atoms with Gasteiger partial charge in [0.15, 0.2) is 11.5 Å². The first-order chi connectivity index (χ1) is 15.1. The van der Waals surface area contributed by atoms with E-state index < -0.39 is 0 Å². The largest absolute Gasteiger partial charge is 0.440 e. The van der Waals surface area contributed by atoms with Crippen LogP contribution < -0.4 is 0 Å². The van der Waals surface area contributed by atoms with E-state index in [1.54, 1.807) is 0 Å². The van der Waals surface area contributed by atoms with Gasteiger partial charge in [0.25, 0.3) is 0 Å². The highest BCUT2D eigenvalue weighted by molar-refractivity contribution is 5.89. The molecule has 2 amide bonds. The molecule has 0 N–H and O–H groups in total. The van der Waals surface area contributed by atoms with Crippen LogP contribution in [0, 0.1) is 12.8 Å². The number of para-hydroxylation sites is 2. The zero-order valence-electron chi connectivity index (χ0n) is 17.8. The van der Waals surface area contributed by atoms with Gasteiger partial charge in [-0.3, -0.25) is 9.59 Å². The number of carbonyl (C=O) groups excluding carboxylic acids is 2. The number of aromatic nitrogens is 1. The molecule has 0 saturated carbocycles. The monoisotopic (exact) mass is 417 g/mol. The normalized spacial score (nSPS) is 20.0. The lowest BCUT2D eigenvalue weighted by atomic mass is 9.95. The molecule has 3 heterocycles. The molecule has 6 heteroatoms. The molecule has 0 bridgehead atoms. The van der Waals surface area contributed by atoms with Crippen molar-refractivity contribution in [3.63, 3.8) is 0 Å². The lowest BCUT2D eigenvalue weighted by Crippen LogP contribution is -2.42. The van der Waals surface area contributed by atoms with Crippen molar-refractivity contribution in [2.45, 2.75) is 38.6 Å². The third kappa shape index (κ3) is 4.07. The Labute approximate surface area is 181 Å². The Kier molecular flexibility index (Phi) is 5.22. The fraction of sp³-hybridized carbons (Fsp3) is 0.400. The average molecular weight is 418 g/mol. The van der Waals surface area contributed by atoms with Gasteiger partial charge >= 0.3 is 0 Å². The van der Waals surface area contributed by atoms with E-state index in [1.807, 2.05) is 41.0 Å². The highest BCUT2D eigenvalue weighted by atomic mass is 16.3. The Morgan fingerprint density at radius 1 is 1.10 bits per heavy atom. The summed E-state index contributed by atoms with van der Waals surface area (Å²) in [7, 11) is 0. The second kappa shape index (κ2) is 8.17. The van der Waals surface area contributed by atoms with Gasteiger partial charge in [-0.05, 0) is 37.5 Å². The number of hydrogen-bond donors (Lipinski definition) is 0. The molecule has 0 spiro atoms. The summed E-state index contributed by atoms with van der Waals surface area (Å²) in [6.45, 7) is 4.50. The highest BCUT2D eigenvalue weighted by Crippen LogP contribution is 2.31. The summed E-state index contributed by atoms with van der Waals surface area (Å²) >= 11 is 0. The van der Waals surface area contributed by atoms with Crippen LogP contribution in [0.2, 0.25) is 0 Å². The summed E-state index contributed by atoms with van der Waals surface area (Å²) in [5.41, 5.74) is 4.00. The molecule has 5 rings (SSSR count). The molecule has 0 radical (unpaired) electrons. The maximum absolute atomic E-state index is 13.1. The number of amides is 2. The number of oxazole rings is 1. The van der Waals surface area contributed by atoms with Gasteiger partial charge in [-0.25, -0.2) is 4.98 Å². The standard InChI is InChI=1S/C25H27N3O3/c1-17-6-8-18(9-7-17)15-28-16-20(14-23(28)29)25(30)27-12-10-19(11-13-27)24-26-21-4-2-3-5-22(21)31-24/h2-9,19-20H,10-16H2,1H3.